The quantitative estimate of drug-likeness (QED) is 0.723. The molecule has 1 unspecified atom stereocenters. The van der Waals surface area contributed by atoms with Gasteiger partial charge in [0.2, 0.25) is 0 Å². The second kappa shape index (κ2) is 5.16. The van der Waals surface area contributed by atoms with Crippen molar-refractivity contribution in [1.82, 2.24) is 0 Å². The third-order valence-corrected chi connectivity index (χ3v) is 3.66. The molecule has 0 heterocycles. The molecule has 84 valence electrons. The Kier molecular flexibility index (Phi) is 3.62. The van der Waals surface area contributed by atoms with E-state index in [1.807, 2.05) is 0 Å². The summed E-state index contributed by atoms with van der Waals surface area (Å²) < 4.78 is 0. The lowest BCUT2D eigenvalue weighted by Gasteiger charge is -2.26. The molecule has 1 saturated carbocycles. The Balaban J connectivity index is 2.18. The Morgan fingerprint density at radius 1 is 1.25 bits per heavy atom. The molecule has 0 radical (unpaired) electrons. The average molecular weight is 213 g/mol. The first-order valence-corrected chi connectivity index (χ1v) is 6.27. The molecule has 1 heteroatoms. The SMILES string of the molecule is Cc1cccc(C(C#N)C2CCCCC2)c1. The van der Waals surface area contributed by atoms with Crippen LogP contribution in [0.15, 0.2) is 24.3 Å². The summed E-state index contributed by atoms with van der Waals surface area (Å²) in [6.07, 6.45) is 6.41. The highest BCUT2D eigenvalue weighted by Crippen LogP contribution is 2.35. The predicted molar refractivity (Wildman–Crippen MR) is 66.1 cm³/mol. The fourth-order valence-electron chi connectivity index (χ4n) is 2.78. The zero-order valence-corrected chi connectivity index (χ0v) is 9.95. The van der Waals surface area contributed by atoms with Crippen molar-refractivity contribution >= 4 is 0 Å². The van der Waals surface area contributed by atoms with Crippen LogP contribution in [0.5, 0.6) is 0 Å². The topological polar surface area (TPSA) is 23.8 Å². The third-order valence-electron chi connectivity index (χ3n) is 3.66. The van der Waals surface area contributed by atoms with Crippen molar-refractivity contribution in [2.45, 2.75) is 44.9 Å². The van der Waals surface area contributed by atoms with E-state index in [0.29, 0.717) is 5.92 Å². The van der Waals surface area contributed by atoms with Gasteiger partial charge in [0.25, 0.3) is 0 Å². The molecule has 1 aliphatic carbocycles. The lowest BCUT2D eigenvalue weighted by molar-refractivity contribution is 0.335. The highest BCUT2D eigenvalue weighted by atomic mass is 14.3. The molecular weight excluding hydrogens is 194 g/mol. The minimum absolute atomic E-state index is 0.111. The largest absolute Gasteiger partial charge is 0.198 e. The van der Waals surface area contributed by atoms with Crippen molar-refractivity contribution < 1.29 is 0 Å². The van der Waals surface area contributed by atoms with Crippen LogP contribution in [-0.4, -0.2) is 0 Å². The van der Waals surface area contributed by atoms with Crippen LogP contribution in [0, 0.1) is 24.2 Å². The van der Waals surface area contributed by atoms with E-state index in [1.165, 1.54) is 43.2 Å². The molecule has 2 rings (SSSR count). The molecule has 1 aromatic rings. The fourth-order valence-corrected chi connectivity index (χ4v) is 2.78. The average Bonchev–Trinajstić information content (AvgIpc) is 2.31. The van der Waals surface area contributed by atoms with E-state index in [0.717, 1.165) is 0 Å². The summed E-state index contributed by atoms with van der Waals surface area (Å²) in [4.78, 5) is 0. The summed E-state index contributed by atoms with van der Waals surface area (Å²) in [6.45, 7) is 2.10. The first-order valence-electron chi connectivity index (χ1n) is 6.27. The van der Waals surface area contributed by atoms with Gasteiger partial charge in [0.1, 0.15) is 0 Å². The van der Waals surface area contributed by atoms with Crippen LogP contribution in [0.3, 0.4) is 0 Å². The highest BCUT2D eigenvalue weighted by molar-refractivity contribution is 5.30. The van der Waals surface area contributed by atoms with Crippen LogP contribution in [0.4, 0.5) is 0 Å². The summed E-state index contributed by atoms with van der Waals surface area (Å²) in [6, 6.07) is 11.0. The molecule has 0 N–H and O–H groups in total. The van der Waals surface area contributed by atoms with Gasteiger partial charge in [0.05, 0.1) is 12.0 Å². The minimum Gasteiger partial charge on any atom is -0.198 e. The van der Waals surface area contributed by atoms with Crippen LogP contribution in [0.1, 0.15) is 49.1 Å². The fraction of sp³-hybridized carbons (Fsp3) is 0.533. The third kappa shape index (κ3) is 2.44. The van der Waals surface area contributed by atoms with Crippen LogP contribution in [-0.2, 0) is 0 Å². The van der Waals surface area contributed by atoms with Crippen molar-refractivity contribution in [3.8, 4) is 6.07 Å². The number of hydrogen-bond donors (Lipinski definition) is 0. The number of nitrogens with zero attached hydrogens (tertiary/aromatic N) is 1. The van der Waals surface area contributed by atoms with Crippen molar-refractivity contribution in [3.63, 3.8) is 0 Å². The lowest BCUT2D eigenvalue weighted by atomic mass is 9.77. The minimum atomic E-state index is 0.111. The first-order chi connectivity index (χ1) is 7.81. The molecule has 0 bridgehead atoms. The molecule has 0 saturated heterocycles. The smallest absolute Gasteiger partial charge is 0.0741 e. The van der Waals surface area contributed by atoms with E-state index in [9.17, 15) is 5.26 Å². The van der Waals surface area contributed by atoms with Gasteiger partial charge < -0.3 is 0 Å². The van der Waals surface area contributed by atoms with Crippen molar-refractivity contribution in [2.75, 3.05) is 0 Å². The second-order valence-electron chi connectivity index (χ2n) is 4.92. The van der Waals surface area contributed by atoms with Crippen molar-refractivity contribution in [3.05, 3.63) is 35.4 Å². The van der Waals surface area contributed by atoms with Gasteiger partial charge in [-0.05, 0) is 31.2 Å². The molecular formula is C15H19N. The summed E-state index contributed by atoms with van der Waals surface area (Å²) in [7, 11) is 0. The number of aryl methyl sites for hydroxylation is 1. The predicted octanol–water partition coefficient (Wildman–Crippen LogP) is 4.18. The van der Waals surface area contributed by atoms with Crippen molar-refractivity contribution in [2.24, 2.45) is 5.92 Å². The molecule has 0 amide bonds. The summed E-state index contributed by atoms with van der Waals surface area (Å²) >= 11 is 0. The first kappa shape index (κ1) is 11.2. The van der Waals surface area contributed by atoms with E-state index in [-0.39, 0.29) is 5.92 Å². The van der Waals surface area contributed by atoms with Crippen LogP contribution in [0.25, 0.3) is 0 Å². The Morgan fingerprint density at radius 3 is 2.62 bits per heavy atom. The van der Waals surface area contributed by atoms with Crippen molar-refractivity contribution in [1.29, 1.82) is 5.26 Å². The number of nitriles is 1. The standard InChI is InChI=1S/C15H19N/c1-12-6-5-9-14(10-12)15(11-16)13-7-3-2-4-8-13/h5-6,9-10,13,15H,2-4,7-8H2,1H3. The van der Waals surface area contributed by atoms with Crippen LogP contribution < -0.4 is 0 Å². The molecule has 1 aliphatic rings. The van der Waals surface area contributed by atoms with Gasteiger partial charge >= 0.3 is 0 Å². The Hall–Kier alpha value is -1.29. The number of hydrogen-bond acceptors (Lipinski definition) is 1. The zero-order chi connectivity index (χ0) is 11.4. The molecule has 16 heavy (non-hydrogen) atoms. The maximum absolute atomic E-state index is 9.37. The number of rotatable bonds is 2. The molecule has 0 aliphatic heterocycles. The van der Waals surface area contributed by atoms with Gasteiger partial charge in [-0.2, -0.15) is 5.26 Å². The maximum Gasteiger partial charge on any atom is 0.0741 e. The Labute approximate surface area is 98.1 Å². The van der Waals surface area contributed by atoms with Gasteiger partial charge in [0.15, 0.2) is 0 Å². The summed E-state index contributed by atoms with van der Waals surface area (Å²) in [5, 5.41) is 9.37. The van der Waals surface area contributed by atoms with Gasteiger partial charge in [0, 0.05) is 0 Å². The van der Waals surface area contributed by atoms with E-state index in [4.69, 9.17) is 0 Å². The Morgan fingerprint density at radius 2 is 2.00 bits per heavy atom. The molecule has 1 fully saturated rings. The van der Waals surface area contributed by atoms with Crippen LogP contribution >= 0.6 is 0 Å². The number of benzene rings is 1. The molecule has 0 spiro atoms. The van der Waals surface area contributed by atoms with Gasteiger partial charge in [-0.1, -0.05) is 49.1 Å². The lowest BCUT2D eigenvalue weighted by Crippen LogP contribution is -2.15. The molecule has 1 aromatic carbocycles. The summed E-state index contributed by atoms with van der Waals surface area (Å²) in [5.74, 6) is 0.695. The molecule has 1 atom stereocenters. The molecule has 1 nitrogen and oxygen atoms in total. The zero-order valence-electron chi connectivity index (χ0n) is 9.95. The summed E-state index contributed by atoms with van der Waals surface area (Å²) in [5.41, 5.74) is 2.47. The Bertz CT molecular complexity index is 383. The second-order valence-corrected chi connectivity index (χ2v) is 4.92. The monoisotopic (exact) mass is 213 g/mol. The van der Waals surface area contributed by atoms with E-state index < -0.39 is 0 Å². The van der Waals surface area contributed by atoms with Gasteiger partial charge in [-0.25, -0.2) is 0 Å². The van der Waals surface area contributed by atoms with E-state index >= 15 is 0 Å². The van der Waals surface area contributed by atoms with Crippen LogP contribution in [0.2, 0.25) is 0 Å². The van der Waals surface area contributed by atoms with E-state index in [2.05, 4.69) is 37.3 Å². The van der Waals surface area contributed by atoms with E-state index in [1.54, 1.807) is 0 Å². The highest BCUT2D eigenvalue weighted by Gasteiger charge is 2.24. The maximum atomic E-state index is 9.37. The normalized spacial score (nSPS) is 19.0. The molecule has 0 aromatic heterocycles. The van der Waals surface area contributed by atoms with Gasteiger partial charge in [-0.3, -0.25) is 0 Å². The van der Waals surface area contributed by atoms with Gasteiger partial charge in [-0.15, -0.1) is 0 Å².